The highest BCUT2D eigenvalue weighted by molar-refractivity contribution is 5.75. The fourth-order valence-corrected chi connectivity index (χ4v) is 0.455. The average Bonchev–Trinajstić information content (AvgIpc) is 2.03. The molecule has 0 heterocycles. The van der Waals surface area contributed by atoms with Gasteiger partial charge in [-0.15, -0.1) is 0 Å². The third-order valence-electron chi connectivity index (χ3n) is 0.936. The predicted octanol–water partition coefficient (Wildman–Crippen LogP) is 0.301. The molecule has 66 valence electrons. The Labute approximate surface area is 70.2 Å². The number of nitrogens with one attached hydrogen (secondary N) is 2. The number of hydrogen-bond acceptors (Lipinski definition) is 3. The maximum Gasteiger partial charge on any atom is 0.333 e. The first-order valence-electron chi connectivity index (χ1n) is 3.09. The summed E-state index contributed by atoms with van der Waals surface area (Å²) in [6, 6.07) is -0.604. The van der Waals surface area contributed by atoms with Gasteiger partial charge in [-0.3, -0.25) is 5.43 Å². The van der Waals surface area contributed by atoms with E-state index in [2.05, 4.69) is 18.5 Å². The maximum absolute atomic E-state index is 10.5. The molecule has 0 unspecified atom stereocenters. The summed E-state index contributed by atoms with van der Waals surface area (Å²) in [5, 5.41) is 11.1. The van der Waals surface area contributed by atoms with Crippen LogP contribution in [0.5, 0.6) is 0 Å². The molecule has 0 bridgehead atoms. The Morgan fingerprint density at radius 3 is 2.58 bits per heavy atom. The van der Waals surface area contributed by atoms with Crippen molar-refractivity contribution >= 4 is 6.03 Å². The van der Waals surface area contributed by atoms with E-state index in [0.29, 0.717) is 0 Å². The average molecular weight is 169 g/mol. The lowest BCUT2D eigenvalue weighted by molar-refractivity contribution is 0.244. The van der Waals surface area contributed by atoms with Crippen molar-refractivity contribution in [2.45, 2.75) is 0 Å². The lowest BCUT2D eigenvalue weighted by Gasteiger charge is -2.02. The molecule has 0 saturated carbocycles. The number of nitrogens with two attached hydrogens (primary N) is 1. The monoisotopic (exact) mass is 169 g/mol. The Hall–Kier alpha value is -1.75. The minimum atomic E-state index is -0.604. The van der Waals surface area contributed by atoms with E-state index in [4.69, 9.17) is 10.9 Å². The lowest BCUT2D eigenvalue weighted by atomic mass is 10.4. The topological polar surface area (TPSA) is 87.4 Å². The molecule has 0 radical (unpaired) electrons. The largest absolute Gasteiger partial charge is 0.508 e. The van der Waals surface area contributed by atoms with E-state index >= 15 is 0 Å². The second kappa shape index (κ2) is 4.97. The summed E-state index contributed by atoms with van der Waals surface area (Å²) < 4.78 is 0. The summed E-state index contributed by atoms with van der Waals surface area (Å²) in [7, 11) is 0. The second-order valence-electron chi connectivity index (χ2n) is 1.90. The van der Waals surface area contributed by atoms with E-state index in [1.165, 1.54) is 12.2 Å². The summed E-state index contributed by atoms with van der Waals surface area (Å²) in [4.78, 5) is 10.5. The summed E-state index contributed by atoms with van der Waals surface area (Å²) in [5.74, 6) is 4.69. The fraction of sp³-hybridized carbons (Fsp3) is 0. The van der Waals surface area contributed by atoms with Gasteiger partial charge in [-0.25, -0.2) is 10.6 Å². The normalized spacial score (nSPS) is 10.2. The number of carbonyl (C=O) groups excluding carboxylic acids is 1. The van der Waals surface area contributed by atoms with Gasteiger partial charge < -0.3 is 10.4 Å². The van der Waals surface area contributed by atoms with Gasteiger partial charge in [-0.2, -0.15) is 0 Å². The molecule has 0 aliphatic rings. The van der Waals surface area contributed by atoms with E-state index in [1.54, 1.807) is 0 Å². The summed E-state index contributed by atoms with van der Waals surface area (Å²) in [5.41, 5.74) is 2.06. The van der Waals surface area contributed by atoms with Crippen molar-refractivity contribution in [1.82, 2.24) is 10.7 Å². The van der Waals surface area contributed by atoms with Gasteiger partial charge in [0.05, 0.1) is 0 Å². The molecule has 5 heteroatoms. The van der Waals surface area contributed by atoms with E-state index in [1.807, 2.05) is 5.43 Å². The molecule has 0 saturated heterocycles. The van der Waals surface area contributed by atoms with Crippen molar-refractivity contribution in [3.63, 3.8) is 0 Å². The van der Waals surface area contributed by atoms with Crippen molar-refractivity contribution in [1.29, 1.82) is 0 Å². The zero-order chi connectivity index (χ0) is 9.56. The molecular weight excluding hydrogens is 158 g/mol. The Bertz CT molecular complexity index is 233. The van der Waals surface area contributed by atoms with Gasteiger partial charge in [0, 0.05) is 11.8 Å². The Morgan fingerprint density at radius 2 is 2.17 bits per heavy atom. The van der Waals surface area contributed by atoms with Crippen molar-refractivity contribution < 1.29 is 9.90 Å². The number of carbonyl (C=O) groups is 1. The molecule has 0 rings (SSSR count). The van der Waals surface area contributed by atoms with Crippen LogP contribution in [-0.4, -0.2) is 11.1 Å². The van der Waals surface area contributed by atoms with Gasteiger partial charge in [0.1, 0.15) is 5.76 Å². The van der Waals surface area contributed by atoms with Crippen molar-refractivity contribution in [2.75, 3.05) is 0 Å². The zero-order valence-electron chi connectivity index (χ0n) is 6.50. The van der Waals surface area contributed by atoms with Crippen molar-refractivity contribution in [2.24, 2.45) is 5.84 Å². The minimum absolute atomic E-state index is 0.0858. The van der Waals surface area contributed by atoms with Crippen LogP contribution >= 0.6 is 0 Å². The van der Waals surface area contributed by atoms with E-state index in [0.717, 1.165) is 0 Å². The van der Waals surface area contributed by atoms with Crippen molar-refractivity contribution in [3.05, 3.63) is 36.8 Å². The smallest absolute Gasteiger partial charge is 0.333 e. The SMILES string of the molecule is C=C/C(O)=C\C(=C)NC(=O)NN. The zero-order valence-corrected chi connectivity index (χ0v) is 6.50. The van der Waals surface area contributed by atoms with Crippen LogP contribution < -0.4 is 16.6 Å². The number of aliphatic hydroxyl groups excluding tert-OH is 1. The van der Waals surface area contributed by atoms with E-state index < -0.39 is 6.03 Å². The van der Waals surface area contributed by atoms with Gasteiger partial charge in [-0.1, -0.05) is 13.2 Å². The van der Waals surface area contributed by atoms with Crippen LogP contribution in [0.4, 0.5) is 4.79 Å². The third-order valence-corrected chi connectivity index (χ3v) is 0.936. The molecule has 0 spiro atoms. The Kier molecular flexibility index (Phi) is 4.25. The molecule has 0 fully saturated rings. The molecule has 0 aliphatic heterocycles. The lowest BCUT2D eigenvalue weighted by Crippen LogP contribution is -2.38. The highest BCUT2D eigenvalue weighted by Crippen LogP contribution is 1.94. The van der Waals surface area contributed by atoms with Crippen LogP contribution in [0.15, 0.2) is 36.8 Å². The molecule has 5 nitrogen and oxygen atoms in total. The summed E-state index contributed by atoms with van der Waals surface area (Å²) >= 11 is 0. The first-order valence-corrected chi connectivity index (χ1v) is 3.09. The third kappa shape index (κ3) is 4.13. The molecule has 0 aliphatic carbocycles. The minimum Gasteiger partial charge on any atom is -0.508 e. The van der Waals surface area contributed by atoms with Crippen LogP contribution in [0.1, 0.15) is 0 Å². The standard InChI is InChI=1S/C7H11N3O2/c1-3-6(11)4-5(2)9-7(12)10-8/h3-4,11H,1-2,8H2,(H2,9,10,12)/b6-4+. The van der Waals surface area contributed by atoms with Gasteiger partial charge in [0.2, 0.25) is 0 Å². The van der Waals surface area contributed by atoms with Crippen LogP contribution in [0, 0.1) is 0 Å². The first kappa shape index (κ1) is 10.2. The molecular formula is C7H11N3O2. The van der Waals surface area contributed by atoms with Crippen LogP contribution in [-0.2, 0) is 0 Å². The highest BCUT2D eigenvalue weighted by Gasteiger charge is 1.96. The first-order chi connectivity index (χ1) is 5.60. The van der Waals surface area contributed by atoms with Gasteiger partial charge in [0.15, 0.2) is 0 Å². The number of hydrazine groups is 1. The number of rotatable bonds is 3. The Balaban J connectivity index is 4.06. The van der Waals surface area contributed by atoms with Crippen LogP contribution in [0.3, 0.4) is 0 Å². The number of urea groups is 1. The molecule has 0 aromatic carbocycles. The number of amides is 2. The molecule has 0 atom stereocenters. The number of aliphatic hydroxyl groups is 1. The second-order valence-corrected chi connectivity index (χ2v) is 1.90. The predicted molar refractivity (Wildman–Crippen MR) is 45.9 cm³/mol. The molecule has 5 N–H and O–H groups in total. The fourth-order valence-electron chi connectivity index (χ4n) is 0.455. The molecule has 2 amide bonds. The maximum atomic E-state index is 10.5. The molecule has 0 aromatic heterocycles. The van der Waals surface area contributed by atoms with E-state index in [-0.39, 0.29) is 11.5 Å². The Morgan fingerprint density at radius 1 is 1.58 bits per heavy atom. The van der Waals surface area contributed by atoms with Gasteiger partial charge in [0.25, 0.3) is 0 Å². The summed E-state index contributed by atoms with van der Waals surface area (Å²) in [6.07, 6.45) is 2.45. The van der Waals surface area contributed by atoms with Crippen LogP contribution in [0.2, 0.25) is 0 Å². The van der Waals surface area contributed by atoms with Gasteiger partial charge >= 0.3 is 6.03 Å². The summed E-state index contributed by atoms with van der Waals surface area (Å²) in [6.45, 7) is 6.72. The molecule has 0 aromatic rings. The van der Waals surface area contributed by atoms with Crippen molar-refractivity contribution in [3.8, 4) is 0 Å². The number of hydrogen-bond donors (Lipinski definition) is 4. The number of allylic oxidation sites excluding steroid dienone is 2. The highest BCUT2D eigenvalue weighted by atomic mass is 16.3. The van der Waals surface area contributed by atoms with Gasteiger partial charge in [-0.05, 0) is 6.08 Å². The van der Waals surface area contributed by atoms with E-state index in [9.17, 15) is 4.79 Å². The van der Waals surface area contributed by atoms with Crippen LogP contribution in [0.25, 0.3) is 0 Å². The molecule has 12 heavy (non-hydrogen) atoms. The quantitative estimate of drug-likeness (QED) is 0.161.